The van der Waals surface area contributed by atoms with Gasteiger partial charge in [-0.3, -0.25) is 0 Å². The molecule has 2 aromatic carbocycles. The van der Waals surface area contributed by atoms with Gasteiger partial charge in [-0.05, 0) is 70.9 Å². The minimum Gasteiger partial charge on any atom is -0.496 e. The molecular weight excluding hydrogens is 421 g/mol. The van der Waals surface area contributed by atoms with Crippen molar-refractivity contribution in [1.82, 2.24) is 5.32 Å². The zero-order valence-electron chi connectivity index (χ0n) is 13.7. The van der Waals surface area contributed by atoms with E-state index in [9.17, 15) is 0 Å². The highest BCUT2D eigenvalue weighted by molar-refractivity contribution is 14.1. The molecule has 0 unspecified atom stereocenters. The maximum atomic E-state index is 5.47. The molecule has 1 aliphatic rings. The standard InChI is InChI=1S/C18H20INO4/c1-21-16-9-14(19)17(22-2)8-13(16)5-6-20-10-12-3-4-15-18(7-12)24-11-23-15/h3-4,7-9,20H,5-6,10-11H2,1-2H3. The summed E-state index contributed by atoms with van der Waals surface area (Å²) in [6.07, 6.45) is 0.862. The first kappa shape index (κ1) is 17.2. The van der Waals surface area contributed by atoms with Gasteiger partial charge in [0, 0.05) is 6.54 Å². The van der Waals surface area contributed by atoms with Crippen molar-refractivity contribution >= 4 is 22.6 Å². The molecule has 2 aromatic rings. The summed E-state index contributed by atoms with van der Waals surface area (Å²) in [6, 6.07) is 10.1. The van der Waals surface area contributed by atoms with E-state index in [0.717, 1.165) is 51.6 Å². The van der Waals surface area contributed by atoms with Gasteiger partial charge in [0.1, 0.15) is 11.5 Å². The van der Waals surface area contributed by atoms with Crippen molar-refractivity contribution in [3.05, 3.63) is 45.0 Å². The number of halogens is 1. The second kappa shape index (κ2) is 7.94. The number of rotatable bonds is 7. The van der Waals surface area contributed by atoms with E-state index in [1.807, 2.05) is 24.3 Å². The van der Waals surface area contributed by atoms with Crippen LogP contribution in [0.3, 0.4) is 0 Å². The number of nitrogens with one attached hydrogen (secondary N) is 1. The van der Waals surface area contributed by atoms with E-state index in [0.29, 0.717) is 6.79 Å². The molecule has 24 heavy (non-hydrogen) atoms. The average Bonchev–Trinajstić information content (AvgIpc) is 3.07. The van der Waals surface area contributed by atoms with Crippen LogP contribution in [-0.4, -0.2) is 27.6 Å². The fourth-order valence-electron chi connectivity index (χ4n) is 2.63. The molecule has 1 heterocycles. The van der Waals surface area contributed by atoms with Crippen LogP contribution in [0.4, 0.5) is 0 Å². The number of ether oxygens (including phenoxy) is 4. The quantitative estimate of drug-likeness (QED) is 0.528. The highest BCUT2D eigenvalue weighted by atomic mass is 127. The zero-order valence-corrected chi connectivity index (χ0v) is 15.9. The van der Waals surface area contributed by atoms with Gasteiger partial charge in [-0.15, -0.1) is 0 Å². The van der Waals surface area contributed by atoms with Gasteiger partial charge in [-0.2, -0.15) is 0 Å². The summed E-state index contributed by atoms with van der Waals surface area (Å²) >= 11 is 2.25. The minimum absolute atomic E-state index is 0.306. The molecule has 6 heteroatoms. The molecule has 0 aromatic heterocycles. The molecule has 0 saturated heterocycles. The molecule has 3 rings (SSSR count). The Morgan fingerprint density at radius 3 is 2.62 bits per heavy atom. The lowest BCUT2D eigenvalue weighted by Gasteiger charge is -2.13. The van der Waals surface area contributed by atoms with Crippen molar-refractivity contribution in [2.24, 2.45) is 0 Å². The molecule has 128 valence electrons. The van der Waals surface area contributed by atoms with Gasteiger partial charge in [0.15, 0.2) is 11.5 Å². The second-order valence-electron chi connectivity index (χ2n) is 5.41. The molecule has 0 aliphatic carbocycles. The second-order valence-corrected chi connectivity index (χ2v) is 6.58. The Bertz CT molecular complexity index is 720. The van der Waals surface area contributed by atoms with Crippen molar-refractivity contribution in [2.75, 3.05) is 27.6 Å². The van der Waals surface area contributed by atoms with Gasteiger partial charge in [0.25, 0.3) is 0 Å². The number of methoxy groups -OCH3 is 2. The third-order valence-electron chi connectivity index (χ3n) is 3.89. The van der Waals surface area contributed by atoms with Crippen LogP contribution < -0.4 is 24.3 Å². The maximum absolute atomic E-state index is 5.47. The molecule has 0 atom stereocenters. The largest absolute Gasteiger partial charge is 0.496 e. The van der Waals surface area contributed by atoms with E-state index < -0.39 is 0 Å². The predicted molar refractivity (Wildman–Crippen MR) is 100 cm³/mol. The monoisotopic (exact) mass is 441 g/mol. The number of fused-ring (bicyclic) bond motifs is 1. The van der Waals surface area contributed by atoms with Crippen LogP contribution in [0.25, 0.3) is 0 Å². The van der Waals surface area contributed by atoms with Gasteiger partial charge in [0.05, 0.1) is 17.8 Å². The smallest absolute Gasteiger partial charge is 0.231 e. The number of benzene rings is 2. The summed E-state index contributed by atoms with van der Waals surface area (Å²) in [6.45, 7) is 1.93. The molecule has 0 radical (unpaired) electrons. The van der Waals surface area contributed by atoms with Crippen molar-refractivity contribution < 1.29 is 18.9 Å². The van der Waals surface area contributed by atoms with E-state index >= 15 is 0 Å². The van der Waals surface area contributed by atoms with E-state index in [2.05, 4.69) is 34.0 Å². The third-order valence-corrected chi connectivity index (χ3v) is 4.74. The summed E-state index contributed by atoms with van der Waals surface area (Å²) in [7, 11) is 3.38. The molecule has 0 amide bonds. The molecule has 5 nitrogen and oxygen atoms in total. The molecule has 0 fully saturated rings. The van der Waals surface area contributed by atoms with E-state index in [-0.39, 0.29) is 0 Å². The molecule has 0 bridgehead atoms. The first-order chi connectivity index (χ1) is 11.7. The van der Waals surface area contributed by atoms with Crippen molar-refractivity contribution in [2.45, 2.75) is 13.0 Å². The van der Waals surface area contributed by atoms with Crippen LogP contribution >= 0.6 is 22.6 Å². The topological polar surface area (TPSA) is 49.0 Å². The van der Waals surface area contributed by atoms with Crippen molar-refractivity contribution in [3.8, 4) is 23.0 Å². The minimum atomic E-state index is 0.306. The fraction of sp³-hybridized carbons (Fsp3) is 0.333. The van der Waals surface area contributed by atoms with Crippen LogP contribution in [0.1, 0.15) is 11.1 Å². The summed E-state index contributed by atoms with van der Waals surface area (Å²) in [5, 5.41) is 3.45. The van der Waals surface area contributed by atoms with Gasteiger partial charge in [-0.1, -0.05) is 6.07 Å². The lowest BCUT2D eigenvalue weighted by Crippen LogP contribution is -2.17. The SMILES string of the molecule is COc1cc(CCNCc2ccc3c(c2)OCO3)c(OC)cc1I. The van der Waals surface area contributed by atoms with Crippen LogP contribution in [0.15, 0.2) is 30.3 Å². The van der Waals surface area contributed by atoms with Gasteiger partial charge >= 0.3 is 0 Å². The van der Waals surface area contributed by atoms with Gasteiger partial charge in [-0.25, -0.2) is 0 Å². The Hall–Kier alpha value is -1.67. The Kier molecular flexibility index (Phi) is 5.68. The highest BCUT2D eigenvalue weighted by Crippen LogP contribution is 2.32. The summed E-state index contributed by atoms with van der Waals surface area (Å²) in [5.74, 6) is 3.40. The van der Waals surface area contributed by atoms with Crippen LogP contribution in [-0.2, 0) is 13.0 Å². The van der Waals surface area contributed by atoms with E-state index in [1.54, 1.807) is 14.2 Å². The molecule has 1 N–H and O–H groups in total. The summed E-state index contributed by atoms with van der Waals surface area (Å²) < 4.78 is 22.6. The van der Waals surface area contributed by atoms with Crippen LogP contribution in [0.5, 0.6) is 23.0 Å². The lowest BCUT2D eigenvalue weighted by molar-refractivity contribution is 0.174. The Morgan fingerprint density at radius 1 is 1.04 bits per heavy atom. The molecule has 0 spiro atoms. The van der Waals surface area contributed by atoms with Crippen LogP contribution in [0, 0.1) is 3.57 Å². The number of hydrogen-bond donors (Lipinski definition) is 1. The molecule has 1 aliphatic heterocycles. The third kappa shape index (κ3) is 3.87. The van der Waals surface area contributed by atoms with Crippen LogP contribution in [0.2, 0.25) is 0 Å². The van der Waals surface area contributed by atoms with Gasteiger partial charge < -0.3 is 24.3 Å². The normalized spacial score (nSPS) is 12.3. The van der Waals surface area contributed by atoms with Crippen molar-refractivity contribution in [3.63, 3.8) is 0 Å². The van der Waals surface area contributed by atoms with Crippen molar-refractivity contribution in [1.29, 1.82) is 0 Å². The fourth-order valence-corrected chi connectivity index (χ4v) is 3.28. The average molecular weight is 441 g/mol. The lowest BCUT2D eigenvalue weighted by atomic mass is 10.1. The Morgan fingerprint density at radius 2 is 1.83 bits per heavy atom. The summed E-state index contributed by atoms with van der Waals surface area (Å²) in [5.41, 5.74) is 2.30. The maximum Gasteiger partial charge on any atom is 0.231 e. The number of hydrogen-bond acceptors (Lipinski definition) is 5. The van der Waals surface area contributed by atoms with E-state index in [4.69, 9.17) is 18.9 Å². The Balaban J connectivity index is 1.56. The molecule has 0 saturated carbocycles. The van der Waals surface area contributed by atoms with E-state index in [1.165, 1.54) is 5.56 Å². The summed E-state index contributed by atoms with van der Waals surface area (Å²) in [4.78, 5) is 0. The Labute approximate surface area is 155 Å². The first-order valence-electron chi connectivity index (χ1n) is 7.71. The molecular formula is C18H20INO4. The zero-order chi connectivity index (χ0) is 16.9. The first-order valence-corrected chi connectivity index (χ1v) is 8.79. The van der Waals surface area contributed by atoms with Gasteiger partial charge in [0.2, 0.25) is 6.79 Å². The highest BCUT2D eigenvalue weighted by Gasteiger charge is 2.13. The predicted octanol–water partition coefficient (Wildman–Crippen LogP) is 3.37.